The van der Waals surface area contributed by atoms with E-state index in [-0.39, 0.29) is 6.04 Å². The van der Waals surface area contributed by atoms with Crippen molar-refractivity contribution < 1.29 is 0 Å². The molecule has 10 heavy (non-hydrogen) atoms. The van der Waals surface area contributed by atoms with Crippen LogP contribution in [0.25, 0.3) is 0 Å². The van der Waals surface area contributed by atoms with E-state index in [2.05, 4.69) is 12.3 Å². The smallest absolute Gasteiger partial charge is 0.0106 e. The van der Waals surface area contributed by atoms with E-state index in [1.54, 1.807) is 0 Å². The topological polar surface area (TPSA) is 30.9 Å². The summed E-state index contributed by atoms with van der Waals surface area (Å²) in [5.74, 6) is 0. The fourth-order valence-corrected chi connectivity index (χ4v) is 1.05. The van der Waals surface area contributed by atoms with Crippen molar-refractivity contribution in [3.05, 3.63) is 24.0 Å². The Balaban J connectivity index is 2.58. The molecule has 0 saturated carbocycles. The Kier molecular flexibility index (Phi) is 2.12. The average molecular weight is 138 g/mol. The molecule has 0 aliphatic rings. The third-order valence-corrected chi connectivity index (χ3v) is 1.45. The second-order valence-corrected chi connectivity index (χ2v) is 2.87. The van der Waals surface area contributed by atoms with Crippen LogP contribution in [0.4, 0.5) is 0 Å². The lowest BCUT2D eigenvalue weighted by Crippen LogP contribution is -2.17. The summed E-state index contributed by atoms with van der Waals surface area (Å²) in [6.45, 7) is 2.02. The molecule has 0 aromatic carbocycles. The molecule has 0 saturated heterocycles. The molecule has 1 atom stereocenters. The number of hydrogen-bond acceptors (Lipinski definition) is 1. The quantitative estimate of drug-likeness (QED) is 0.647. The summed E-state index contributed by atoms with van der Waals surface area (Å²) in [6, 6.07) is 2.37. The number of nitrogens with two attached hydrogens (primary N) is 1. The first-order chi connectivity index (χ1) is 4.68. The molecule has 1 unspecified atom stereocenters. The van der Waals surface area contributed by atoms with E-state index < -0.39 is 0 Å². The highest BCUT2D eigenvalue weighted by atomic mass is 14.9. The molecule has 2 nitrogen and oxygen atoms in total. The zero-order valence-electron chi connectivity index (χ0n) is 6.54. The van der Waals surface area contributed by atoms with E-state index in [4.69, 9.17) is 5.73 Å². The SMILES string of the molecule is CC(N)Cc1ccn(C)c1. The van der Waals surface area contributed by atoms with E-state index in [1.165, 1.54) is 5.56 Å². The fourth-order valence-electron chi connectivity index (χ4n) is 1.05. The molecule has 0 fully saturated rings. The first kappa shape index (κ1) is 7.35. The van der Waals surface area contributed by atoms with Crippen LogP contribution in [0.5, 0.6) is 0 Å². The van der Waals surface area contributed by atoms with Gasteiger partial charge in [-0.05, 0) is 25.0 Å². The molecule has 0 radical (unpaired) electrons. The third kappa shape index (κ3) is 1.88. The highest BCUT2D eigenvalue weighted by molar-refractivity contribution is 5.10. The van der Waals surface area contributed by atoms with Crippen molar-refractivity contribution in [2.24, 2.45) is 12.8 Å². The van der Waals surface area contributed by atoms with E-state index in [1.807, 2.05) is 24.7 Å². The van der Waals surface area contributed by atoms with Crippen LogP contribution in [-0.2, 0) is 13.5 Å². The van der Waals surface area contributed by atoms with Gasteiger partial charge in [0.05, 0.1) is 0 Å². The largest absolute Gasteiger partial charge is 0.357 e. The van der Waals surface area contributed by atoms with Crippen molar-refractivity contribution in [2.45, 2.75) is 19.4 Å². The fraction of sp³-hybridized carbons (Fsp3) is 0.500. The summed E-state index contributed by atoms with van der Waals surface area (Å²) < 4.78 is 2.04. The van der Waals surface area contributed by atoms with Gasteiger partial charge in [-0.15, -0.1) is 0 Å². The minimum absolute atomic E-state index is 0.266. The zero-order chi connectivity index (χ0) is 7.56. The van der Waals surface area contributed by atoms with Gasteiger partial charge in [0.1, 0.15) is 0 Å². The number of aryl methyl sites for hydroxylation is 1. The van der Waals surface area contributed by atoms with Gasteiger partial charge in [0.2, 0.25) is 0 Å². The molecule has 1 aromatic rings. The molecule has 56 valence electrons. The van der Waals surface area contributed by atoms with Crippen molar-refractivity contribution in [3.8, 4) is 0 Å². The standard InChI is InChI=1S/C8H14N2/c1-7(9)5-8-3-4-10(2)6-8/h3-4,6-7H,5,9H2,1-2H3. The van der Waals surface area contributed by atoms with Gasteiger partial charge in [-0.3, -0.25) is 0 Å². The molecule has 0 amide bonds. The van der Waals surface area contributed by atoms with Crippen molar-refractivity contribution in [3.63, 3.8) is 0 Å². The highest BCUT2D eigenvalue weighted by Gasteiger charge is 1.97. The maximum atomic E-state index is 5.62. The highest BCUT2D eigenvalue weighted by Crippen LogP contribution is 2.01. The summed E-state index contributed by atoms with van der Waals surface area (Å²) in [4.78, 5) is 0. The van der Waals surface area contributed by atoms with Crippen molar-refractivity contribution in [2.75, 3.05) is 0 Å². The molecule has 1 rings (SSSR count). The molecule has 2 heteroatoms. The first-order valence-electron chi connectivity index (χ1n) is 3.55. The lowest BCUT2D eigenvalue weighted by atomic mass is 10.1. The minimum Gasteiger partial charge on any atom is -0.357 e. The van der Waals surface area contributed by atoms with Crippen LogP contribution >= 0.6 is 0 Å². The Hall–Kier alpha value is -0.760. The Bertz CT molecular complexity index is 201. The molecule has 0 aliphatic heterocycles. The van der Waals surface area contributed by atoms with Crippen LogP contribution in [0.15, 0.2) is 18.5 Å². The maximum absolute atomic E-state index is 5.62. The van der Waals surface area contributed by atoms with Gasteiger partial charge in [-0.2, -0.15) is 0 Å². The average Bonchev–Trinajstić information content (AvgIpc) is 2.13. The normalized spacial score (nSPS) is 13.5. The molecule has 2 N–H and O–H groups in total. The van der Waals surface area contributed by atoms with E-state index in [0.29, 0.717) is 0 Å². The summed E-state index contributed by atoms with van der Waals surface area (Å²) in [6.07, 6.45) is 5.11. The van der Waals surface area contributed by atoms with Crippen LogP contribution in [0.2, 0.25) is 0 Å². The molecule has 1 heterocycles. The van der Waals surface area contributed by atoms with Crippen LogP contribution in [-0.4, -0.2) is 10.6 Å². The van der Waals surface area contributed by atoms with Gasteiger partial charge >= 0.3 is 0 Å². The first-order valence-corrected chi connectivity index (χ1v) is 3.55. The van der Waals surface area contributed by atoms with E-state index in [9.17, 15) is 0 Å². The summed E-state index contributed by atoms with van der Waals surface area (Å²) >= 11 is 0. The van der Waals surface area contributed by atoms with Crippen molar-refractivity contribution >= 4 is 0 Å². The van der Waals surface area contributed by atoms with Crippen molar-refractivity contribution in [1.29, 1.82) is 0 Å². The lowest BCUT2D eigenvalue weighted by molar-refractivity contribution is 0.736. The number of nitrogens with zero attached hydrogens (tertiary/aromatic N) is 1. The van der Waals surface area contributed by atoms with E-state index in [0.717, 1.165) is 6.42 Å². The predicted octanol–water partition coefficient (Wildman–Crippen LogP) is 0.915. The molecule has 1 aromatic heterocycles. The molecule has 0 spiro atoms. The number of rotatable bonds is 2. The monoisotopic (exact) mass is 138 g/mol. The summed E-state index contributed by atoms with van der Waals surface area (Å²) in [5, 5.41) is 0. The van der Waals surface area contributed by atoms with Crippen LogP contribution in [0, 0.1) is 0 Å². The molecular formula is C8H14N2. The summed E-state index contributed by atoms with van der Waals surface area (Å²) in [5.41, 5.74) is 6.94. The van der Waals surface area contributed by atoms with E-state index >= 15 is 0 Å². The molecular weight excluding hydrogens is 124 g/mol. The van der Waals surface area contributed by atoms with Gasteiger partial charge in [-0.1, -0.05) is 0 Å². The maximum Gasteiger partial charge on any atom is 0.0106 e. The van der Waals surface area contributed by atoms with Crippen molar-refractivity contribution in [1.82, 2.24) is 4.57 Å². The van der Waals surface area contributed by atoms with Gasteiger partial charge in [0.25, 0.3) is 0 Å². The Labute approximate surface area is 61.7 Å². The second kappa shape index (κ2) is 2.88. The van der Waals surface area contributed by atoms with Gasteiger partial charge in [0, 0.05) is 25.5 Å². The minimum atomic E-state index is 0.266. The second-order valence-electron chi connectivity index (χ2n) is 2.87. The Morgan fingerprint density at radius 3 is 2.80 bits per heavy atom. The predicted molar refractivity (Wildman–Crippen MR) is 42.8 cm³/mol. The number of hydrogen-bond donors (Lipinski definition) is 1. The lowest BCUT2D eigenvalue weighted by Gasteiger charge is -2.00. The van der Waals surface area contributed by atoms with Gasteiger partial charge in [0.15, 0.2) is 0 Å². The van der Waals surface area contributed by atoms with Crippen LogP contribution < -0.4 is 5.73 Å². The van der Waals surface area contributed by atoms with Crippen LogP contribution in [0.3, 0.4) is 0 Å². The Morgan fingerprint density at radius 1 is 1.70 bits per heavy atom. The zero-order valence-corrected chi connectivity index (χ0v) is 6.54. The van der Waals surface area contributed by atoms with Crippen LogP contribution in [0.1, 0.15) is 12.5 Å². The summed E-state index contributed by atoms with van der Waals surface area (Å²) in [7, 11) is 2.02. The third-order valence-electron chi connectivity index (χ3n) is 1.45. The molecule has 0 aliphatic carbocycles. The van der Waals surface area contributed by atoms with Gasteiger partial charge < -0.3 is 10.3 Å². The van der Waals surface area contributed by atoms with Gasteiger partial charge in [-0.25, -0.2) is 0 Å². The number of aromatic nitrogens is 1. The Morgan fingerprint density at radius 2 is 2.40 bits per heavy atom. The molecule has 0 bridgehead atoms.